The van der Waals surface area contributed by atoms with Crippen molar-refractivity contribution in [2.75, 3.05) is 19.8 Å². The van der Waals surface area contributed by atoms with Crippen LogP contribution in [0.15, 0.2) is 0 Å². The van der Waals surface area contributed by atoms with Gasteiger partial charge in [-0.2, -0.15) is 8.42 Å². The van der Waals surface area contributed by atoms with Crippen molar-refractivity contribution in [2.45, 2.75) is 23.9 Å². The summed E-state index contributed by atoms with van der Waals surface area (Å²) in [5, 5.41) is 35.6. The molecular weight excluding hydrogens is 242 g/mol. The number of nitrogens with one attached hydrogen (secondary N) is 1. The Morgan fingerprint density at radius 1 is 1.12 bits per heavy atom. The number of hydrogen-bond acceptors (Lipinski definition) is 7. The summed E-state index contributed by atoms with van der Waals surface area (Å²) in [6.07, 6.45) is -0.437. The van der Waals surface area contributed by atoms with E-state index in [4.69, 9.17) is 19.9 Å². The molecule has 0 aromatic heterocycles. The molecule has 0 aromatic carbocycles. The normalized spacial score (nSPS) is 17.1. The number of aliphatic hydroxyl groups excluding tert-OH is 3. The van der Waals surface area contributed by atoms with Gasteiger partial charge in [-0.3, -0.25) is 9.87 Å². The number of aliphatic hydroxyl groups is 4. The molecule has 0 saturated carbocycles. The Balaban J connectivity index is 5.18. The molecule has 1 unspecified atom stereocenters. The molecule has 0 aliphatic heterocycles. The van der Waals surface area contributed by atoms with Crippen LogP contribution in [0.3, 0.4) is 0 Å². The molecule has 9 heteroatoms. The first-order valence-electron chi connectivity index (χ1n) is 4.51. The summed E-state index contributed by atoms with van der Waals surface area (Å²) in [6, 6.07) is 0. The topological polar surface area (TPSA) is 147 Å². The molecule has 0 fully saturated rings. The van der Waals surface area contributed by atoms with Gasteiger partial charge in [0, 0.05) is 6.42 Å². The smallest absolute Gasteiger partial charge is 0.309 e. The van der Waals surface area contributed by atoms with Crippen molar-refractivity contribution < 1.29 is 33.4 Å². The van der Waals surface area contributed by atoms with Gasteiger partial charge in [-0.05, 0) is 0 Å². The fourth-order valence-corrected chi connectivity index (χ4v) is 1.73. The van der Waals surface area contributed by atoms with Gasteiger partial charge in [0.1, 0.15) is 0 Å². The molecule has 0 radical (unpaired) electrons. The van der Waals surface area contributed by atoms with Crippen LogP contribution >= 0.6 is 0 Å². The quantitative estimate of drug-likeness (QED) is 0.213. The van der Waals surface area contributed by atoms with Gasteiger partial charge >= 0.3 is 10.1 Å². The minimum absolute atomic E-state index is 0.437. The van der Waals surface area contributed by atoms with Crippen molar-refractivity contribution in [3.63, 3.8) is 0 Å². The molecule has 8 nitrogen and oxygen atoms in total. The van der Waals surface area contributed by atoms with E-state index in [9.17, 15) is 13.5 Å². The lowest BCUT2D eigenvalue weighted by Gasteiger charge is -2.36. The van der Waals surface area contributed by atoms with Gasteiger partial charge in [0.05, 0.1) is 25.4 Å². The first-order valence-corrected chi connectivity index (χ1v) is 5.95. The average Bonchev–Trinajstić information content (AvgIpc) is 2.24. The van der Waals surface area contributed by atoms with E-state index in [1.165, 1.54) is 6.92 Å². The summed E-state index contributed by atoms with van der Waals surface area (Å²) in [5.41, 5.74) is -1.80. The van der Waals surface area contributed by atoms with Crippen LogP contribution in [-0.4, -0.2) is 63.8 Å². The van der Waals surface area contributed by atoms with Crippen LogP contribution in [0.1, 0.15) is 13.3 Å². The fourth-order valence-electron chi connectivity index (χ4n) is 1.02. The monoisotopic (exact) mass is 259 g/mol. The predicted molar refractivity (Wildman–Crippen MR) is 53.9 cm³/mol. The maximum absolute atomic E-state index is 10.9. The van der Waals surface area contributed by atoms with E-state index >= 15 is 0 Å². The molecule has 98 valence electrons. The predicted octanol–water partition coefficient (Wildman–Crippen LogP) is -2.76. The second-order valence-corrected chi connectivity index (χ2v) is 5.12. The Hall–Kier alpha value is -0.290. The van der Waals surface area contributed by atoms with Gasteiger partial charge in [-0.25, -0.2) is 0 Å². The highest BCUT2D eigenvalue weighted by Crippen LogP contribution is 2.18. The highest BCUT2D eigenvalue weighted by Gasteiger charge is 2.45. The fraction of sp³-hybridized carbons (Fsp3) is 1.00. The van der Waals surface area contributed by atoms with E-state index in [2.05, 4.69) is 0 Å². The van der Waals surface area contributed by atoms with Gasteiger partial charge in [0.2, 0.25) is 5.06 Å². The zero-order chi connectivity index (χ0) is 13.0. The van der Waals surface area contributed by atoms with Crippen molar-refractivity contribution in [3.8, 4) is 0 Å². The lowest BCUT2D eigenvalue weighted by molar-refractivity contribution is -0.0283. The van der Waals surface area contributed by atoms with Crippen LogP contribution in [-0.2, 0) is 10.1 Å². The molecule has 0 aliphatic rings. The summed E-state index contributed by atoms with van der Waals surface area (Å²) < 4.78 is 30.6. The van der Waals surface area contributed by atoms with E-state index in [0.717, 1.165) is 0 Å². The van der Waals surface area contributed by atoms with E-state index < -0.39 is 47.0 Å². The Morgan fingerprint density at radius 3 is 1.69 bits per heavy atom. The molecule has 6 N–H and O–H groups in total. The van der Waals surface area contributed by atoms with Gasteiger partial charge < -0.3 is 20.4 Å². The summed E-state index contributed by atoms with van der Waals surface area (Å²) in [4.78, 5) is 0. The van der Waals surface area contributed by atoms with Crippen molar-refractivity contribution in [1.82, 2.24) is 5.32 Å². The highest BCUT2D eigenvalue weighted by atomic mass is 32.2. The molecule has 0 heterocycles. The molecule has 0 aromatic rings. The Labute approximate surface area is 93.3 Å². The Morgan fingerprint density at radius 2 is 1.50 bits per heavy atom. The molecule has 0 saturated heterocycles. The van der Waals surface area contributed by atoms with Crippen LogP contribution in [0.25, 0.3) is 0 Å². The number of hydrogen-bond donors (Lipinski definition) is 6. The lowest BCUT2D eigenvalue weighted by Crippen LogP contribution is -2.66. The van der Waals surface area contributed by atoms with Crippen LogP contribution in [0.2, 0.25) is 0 Å². The van der Waals surface area contributed by atoms with E-state index in [-0.39, 0.29) is 0 Å². The van der Waals surface area contributed by atoms with Crippen molar-refractivity contribution in [1.29, 1.82) is 0 Å². The first kappa shape index (κ1) is 15.7. The second kappa shape index (κ2) is 5.36. The molecule has 0 aliphatic carbocycles. The van der Waals surface area contributed by atoms with Gasteiger partial charge in [0.15, 0.2) is 0 Å². The standard InChI is InChI=1S/C7H17NO7S/c1-2-7(12,16(13,14)15)8-6(3-9,4-10)5-11/h8-12H,2-5H2,1H3,(H,13,14,15). The van der Waals surface area contributed by atoms with Crippen LogP contribution < -0.4 is 5.32 Å². The third kappa shape index (κ3) is 3.10. The second-order valence-electron chi connectivity index (χ2n) is 3.49. The van der Waals surface area contributed by atoms with Crippen LogP contribution in [0.5, 0.6) is 0 Å². The molecule has 0 rings (SSSR count). The molecule has 0 bridgehead atoms. The largest absolute Gasteiger partial charge is 0.394 e. The SMILES string of the molecule is CCC(O)(NC(CO)(CO)CO)S(=O)(=O)O. The molecule has 16 heavy (non-hydrogen) atoms. The molecular formula is C7H17NO7S. The zero-order valence-corrected chi connectivity index (χ0v) is 9.61. The third-order valence-corrected chi connectivity index (χ3v) is 3.52. The minimum Gasteiger partial charge on any atom is -0.394 e. The summed E-state index contributed by atoms with van der Waals surface area (Å²) in [5.74, 6) is 0. The first-order chi connectivity index (χ1) is 7.20. The number of rotatable bonds is 7. The van der Waals surface area contributed by atoms with Gasteiger partial charge in [0.25, 0.3) is 0 Å². The van der Waals surface area contributed by atoms with Crippen LogP contribution in [0, 0.1) is 0 Å². The zero-order valence-electron chi connectivity index (χ0n) is 8.79. The van der Waals surface area contributed by atoms with E-state index in [1.807, 2.05) is 5.32 Å². The molecule has 0 spiro atoms. The van der Waals surface area contributed by atoms with Gasteiger partial charge in [-0.15, -0.1) is 0 Å². The highest BCUT2D eigenvalue weighted by molar-refractivity contribution is 7.87. The minimum atomic E-state index is -4.87. The Bertz CT molecular complexity index is 304. The molecule has 0 amide bonds. The van der Waals surface area contributed by atoms with Gasteiger partial charge in [-0.1, -0.05) is 6.92 Å². The van der Waals surface area contributed by atoms with Crippen molar-refractivity contribution in [2.24, 2.45) is 0 Å². The van der Waals surface area contributed by atoms with Crippen LogP contribution in [0.4, 0.5) is 0 Å². The Kier molecular flexibility index (Phi) is 5.26. The maximum Gasteiger partial charge on any atom is 0.309 e. The van der Waals surface area contributed by atoms with E-state index in [1.54, 1.807) is 0 Å². The summed E-state index contributed by atoms with van der Waals surface area (Å²) in [6.45, 7) is -1.20. The maximum atomic E-state index is 10.9. The van der Waals surface area contributed by atoms with Crippen molar-refractivity contribution >= 4 is 10.1 Å². The summed E-state index contributed by atoms with van der Waals surface area (Å²) in [7, 11) is -4.87. The van der Waals surface area contributed by atoms with E-state index in [0.29, 0.717) is 0 Å². The van der Waals surface area contributed by atoms with Crippen molar-refractivity contribution in [3.05, 3.63) is 0 Å². The third-order valence-electron chi connectivity index (χ3n) is 2.27. The molecule has 1 atom stereocenters. The summed E-state index contributed by atoms with van der Waals surface area (Å²) >= 11 is 0. The average molecular weight is 259 g/mol. The lowest BCUT2D eigenvalue weighted by atomic mass is 10.0.